The monoisotopic (exact) mass is 216 g/mol. The molecule has 0 aliphatic carbocycles. The van der Waals surface area contributed by atoms with Crippen LogP contribution in [0.2, 0.25) is 0 Å². The van der Waals surface area contributed by atoms with Crippen molar-refractivity contribution >= 4 is 0 Å². The summed E-state index contributed by atoms with van der Waals surface area (Å²) in [7, 11) is 0. The van der Waals surface area contributed by atoms with Crippen molar-refractivity contribution in [3.05, 3.63) is 48.2 Å². The van der Waals surface area contributed by atoms with Crippen LogP contribution >= 0.6 is 0 Å². The van der Waals surface area contributed by atoms with E-state index in [0.29, 0.717) is 5.88 Å². The molecule has 2 aromatic rings. The lowest BCUT2D eigenvalue weighted by atomic mass is 10.2. The fourth-order valence-corrected chi connectivity index (χ4v) is 1.07. The number of rotatable bonds is 2. The zero-order valence-electron chi connectivity index (χ0n) is 9.84. The van der Waals surface area contributed by atoms with Gasteiger partial charge in [-0.3, -0.25) is 0 Å². The van der Waals surface area contributed by atoms with Crippen LogP contribution in [-0.2, 0) is 0 Å². The topological polar surface area (TPSA) is 35.0 Å². The van der Waals surface area contributed by atoms with Gasteiger partial charge in [-0.25, -0.2) is 0 Å². The van der Waals surface area contributed by atoms with Crippen LogP contribution < -0.4 is 4.74 Å². The second-order valence-corrected chi connectivity index (χ2v) is 2.98. The highest BCUT2D eigenvalue weighted by atomic mass is 16.5. The van der Waals surface area contributed by atoms with Crippen molar-refractivity contribution in [3.8, 4) is 11.6 Å². The van der Waals surface area contributed by atoms with E-state index in [1.54, 1.807) is 18.3 Å². The maximum absolute atomic E-state index is 5.46. The highest BCUT2D eigenvalue weighted by molar-refractivity contribution is 5.29. The van der Waals surface area contributed by atoms with Crippen molar-refractivity contribution in [2.75, 3.05) is 0 Å². The second-order valence-electron chi connectivity index (χ2n) is 2.98. The summed E-state index contributed by atoms with van der Waals surface area (Å²) in [5.74, 6) is 1.28. The molecule has 1 aromatic carbocycles. The van der Waals surface area contributed by atoms with Crippen LogP contribution in [-0.4, -0.2) is 10.2 Å². The van der Waals surface area contributed by atoms with Gasteiger partial charge in [-0.15, -0.1) is 5.10 Å². The zero-order valence-corrected chi connectivity index (χ0v) is 9.84. The first-order chi connectivity index (χ1) is 7.84. The van der Waals surface area contributed by atoms with Gasteiger partial charge in [0.15, 0.2) is 0 Å². The molecule has 0 radical (unpaired) electrons. The van der Waals surface area contributed by atoms with Gasteiger partial charge in [-0.1, -0.05) is 31.5 Å². The molecule has 1 aromatic heterocycles. The lowest BCUT2D eigenvalue weighted by Crippen LogP contribution is -1.88. The Bertz CT molecular complexity index is 398. The summed E-state index contributed by atoms with van der Waals surface area (Å²) < 4.78 is 5.46. The summed E-state index contributed by atoms with van der Waals surface area (Å²) in [5.41, 5.74) is 1.21. The number of hydrogen-bond acceptors (Lipinski definition) is 3. The van der Waals surface area contributed by atoms with Crippen LogP contribution in [0.25, 0.3) is 0 Å². The molecule has 0 aliphatic rings. The van der Waals surface area contributed by atoms with Gasteiger partial charge in [-0.2, -0.15) is 5.10 Å². The maximum atomic E-state index is 5.46. The number of aromatic nitrogens is 2. The van der Waals surface area contributed by atoms with Crippen LogP contribution in [0.4, 0.5) is 0 Å². The molecule has 0 aliphatic heterocycles. The van der Waals surface area contributed by atoms with E-state index in [1.807, 2.05) is 45.0 Å². The Kier molecular flexibility index (Phi) is 4.99. The number of aryl methyl sites for hydroxylation is 1. The van der Waals surface area contributed by atoms with Crippen molar-refractivity contribution in [1.82, 2.24) is 10.2 Å². The molecule has 0 bridgehead atoms. The Balaban J connectivity index is 0.000000606. The SMILES string of the molecule is CC.Cc1ccc(Oc2cccnn2)cc1. The molecule has 0 spiro atoms. The summed E-state index contributed by atoms with van der Waals surface area (Å²) in [6.45, 7) is 6.03. The van der Waals surface area contributed by atoms with E-state index in [1.165, 1.54) is 5.56 Å². The van der Waals surface area contributed by atoms with E-state index in [2.05, 4.69) is 10.2 Å². The molecule has 0 N–H and O–H groups in total. The van der Waals surface area contributed by atoms with Gasteiger partial charge >= 0.3 is 0 Å². The van der Waals surface area contributed by atoms with Crippen LogP contribution in [0.3, 0.4) is 0 Å². The molecule has 0 fully saturated rings. The largest absolute Gasteiger partial charge is 0.438 e. The number of hydrogen-bond donors (Lipinski definition) is 0. The third-order valence-corrected chi connectivity index (χ3v) is 1.79. The minimum atomic E-state index is 0.511. The molecule has 0 atom stereocenters. The Labute approximate surface area is 96.1 Å². The first-order valence-electron chi connectivity index (χ1n) is 5.37. The summed E-state index contributed by atoms with van der Waals surface area (Å²) in [5, 5.41) is 7.55. The van der Waals surface area contributed by atoms with Gasteiger partial charge in [0.05, 0.1) is 0 Å². The van der Waals surface area contributed by atoms with Gasteiger partial charge in [-0.05, 0) is 25.1 Å². The molecule has 84 valence electrons. The zero-order chi connectivity index (χ0) is 11.8. The summed E-state index contributed by atoms with van der Waals surface area (Å²) in [6, 6.07) is 11.4. The standard InChI is InChI=1S/C11H10N2O.C2H6/c1-9-4-6-10(7-5-9)14-11-3-2-8-12-13-11;1-2/h2-8H,1H3;1-2H3. The second kappa shape index (κ2) is 6.56. The molecule has 0 saturated heterocycles. The number of nitrogens with zero attached hydrogens (tertiary/aromatic N) is 2. The van der Waals surface area contributed by atoms with Crippen LogP contribution in [0, 0.1) is 6.92 Å². The summed E-state index contributed by atoms with van der Waals surface area (Å²) >= 11 is 0. The summed E-state index contributed by atoms with van der Waals surface area (Å²) in [6.07, 6.45) is 1.61. The van der Waals surface area contributed by atoms with Crippen molar-refractivity contribution in [2.24, 2.45) is 0 Å². The average Bonchev–Trinajstić information content (AvgIpc) is 2.36. The molecule has 16 heavy (non-hydrogen) atoms. The number of benzene rings is 1. The van der Waals surface area contributed by atoms with E-state index in [-0.39, 0.29) is 0 Å². The van der Waals surface area contributed by atoms with Crippen LogP contribution in [0.1, 0.15) is 19.4 Å². The Morgan fingerprint density at radius 3 is 2.25 bits per heavy atom. The minimum absolute atomic E-state index is 0.511. The molecular formula is C13H16N2O. The van der Waals surface area contributed by atoms with Crippen molar-refractivity contribution in [2.45, 2.75) is 20.8 Å². The van der Waals surface area contributed by atoms with Gasteiger partial charge in [0.25, 0.3) is 0 Å². The molecule has 2 rings (SSSR count). The average molecular weight is 216 g/mol. The lowest BCUT2D eigenvalue weighted by molar-refractivity contribution is 0.455. The Morgan fingerprint density at radius 1 is 1.00 bits per heavy atom. The first-order valence-corrected chi connectivity index (χ1v) is 5.37. The molecule has 0 unspecified atom stereocenters. The third kappa shape index (κ3) is 3.69. The summed E-state index contributed by atoms with van der Waals surface area (Å²) in [4.78, 5) is 0. The van der Waals surface area contributed by atoms with E-state index in [0.717, 1.165) is 5.75 Å². The van der Waals surface area contributed by atoms with E-state index < -0.39 is 0 Å². The molecular weight excluding hydrogens is 200 g/mol. The first kappa shape index (κ1) is 12.2. The van der Waals surface area contributed by atoms with Crippen molar-refractivity contribution in [3.63, 3.8) is 0 Å². The predicted molar refractivity (Wildman–Crippen MR) is 64.6 cm³/mol. The fraction of sp³-hybridized carbons (Fsp3) is 0.231. The number of ether oxygens (including phenoxy) is 1. The Morgan fingerprint density at radius 2 is 1.69 bits per heavy atom. The smallest absolute Gasteiger partial charge is 0.238 e. The van der Waals surface area contributed by atoms with Crippen LogP contribution in [0.15, 0.2) is 42.6 Å². The molecule has 1 heterocycles. The van der Waals surface area contributed by atoms with Gasteiger partial charge in [0.1, 0.15) is 5.75 Å². The van der Waals surface area contributed by atoms with Crippen molar-refractivity contribution in [1.29, 1.82) is 0 Å². The molecule has 0 saturated carbocycles. The third-order valence-electron chi connectivity index (χ3n) is 1.79. The normalized spacial score (nSPS) is 8.94. The van der Waals surface area contributed by atoms with E-state index >= 15 is 0 Å². The van der Waals surface area contributed by atoms with E-state index in [4.69, 9.17) is 4.74 Å². The van der Waals surface area contributed by atoms with Crippen molar-refractivity contribution < 1.29 is 4.74 Å². The fourth-order valence-electron chi connectivity index (χ4n) is 1.07. The maximum Gasteiger partial charge on any atom is 0.238 e. The molecule has 3 heteroatoms. The molecule has 3 nitrogen and oxygen atoms in total. The van der Waals surface area contributed by atoms with Gasteiger partial charge < -0.3 is 4.74 Å². The highest BCUT2D eigenvalue weighted by Crippen LogP contribution is 2.18. The molecule has 0 amide bonds. The predicted octanol–water partition coefficient (Wildman–Crippen LogP) is 3.60. The lowest BCUT2D eigenvalue weighted by Gasteiger charge is -2.02. The van der Waals surface area contributed by atoms with Crippen LogP contribution in [0.5, 0.6) is 11.6 Å². The van der Waals surface area contributed by atoms with Gasteiger partial charge in [0, 0.05) is 12.3 Å². The Hall–Kier alpha value is -1.90. The van der Waals surface area contributed by atoms with E-state index in [9.17, 15) is 0 Å². The quantitative estimate of drug-likeness (QED) is 0.769. The highest BCUT2D eigenvalue weighted by Gasteiger charge is 1.96. The minimum Gasteiger partial charge on any atom is -0.438 e. The van der Waals surface area contributed by atoms with Gasteiger partial charge in [0.2, 0.25) is 5.88 Å².